The molecule has 0 aliphatic rings. The number of hydrogen-bond donors (Lipinski definition) is 2. The van der Waals surface area contributed by atoms with Gasteiger partial charge in [-0.05, 0) is 23.6 Å². The van der Waals surface area contributed by atoms with E-state index in [1.807, 2.05) is 36.5 Å². The molecule has 0 fully saturated rings. The summed E-state index contributed by atoms with van der Waals surface area (Å²) in [5.74, 6) is 2.11. The van der Waals surface area contributed by atoms with Crippen molar-refractivity contribution < 1.29 is 14.2 Å². The van der Waals surface area contributed by atoms with Crippen LogP contribution in [0.4, 0.5) is 11.6 Å². The summed E-state index contributed by atoms with van der Waals surface area (Å²) in [6.45, 7) is 0. The van der Waals surface area contributed by atoms with Gasteiger partial charge >= 0.3 is 0 Å². The van der Waals surface area contributed by atoms with E-state index in [4.69, 9.17) is 14.2 Å². The molecule has 4 rings (SSSR count). The molecule has 0 spiro atoms. The summed E-state index contributed by atoms with van der Waals surface area (Å²) in [5, 5.41) is 4.36. The fourth-order valence-electron chi connectivity index (χ4n) is 3.07. The Kier molecular flexibility index (Phi) is 4.72. The number of nitrogens with one attached hydrogen (secondary N) is 2. The first-order valence-electron chi connectivity index (χ1n) is 8.69. The van der Waals surface area contributed by atoms with Crippen molar-refractivity contribution in [1.29, 1.82) is 0 Å². The maximum Gasteiger partial charge on any atom is 0.227 e. The zero-order valence-corrected chi connectivity index (χ0v) is 15.8. The molecule has 0 bridgehead atoms. The molecule has 0 aliphatic heterocycles. The summed E-state index contributed by atoms with van der Waals surface area (Å²) in [4.78, 5) is 12.2. The number of hydrogen-bond acceptors (Lipinski definition) is 6. The second kappa shape index (κ2) is 7.48. The van der Waals surface area contributed by atoms with Crippen LogP contribution in [0.15, 0.2) is 54.9 Å². The predicted molar refractivity (Wildman–Crippen MR) is 109 cm³/mol. The lowest BCUT2D eigenvalue weighted by Gasteiger charge is -2.14. The summed E-state index contributed by atoms with van der Waals surface area (Å²) < 4.78 is 16.1. The first-order valence-corrected chi connectivity index (χ1v) is 8.69. The third kappa shape index (κ3) is 3.29. The number of aromatic amines is 1. The van der Waals surface area contributed by atoms with Gasteiger partial charge in [0.2, 0.25) is 11.7 Å². The molecular weight excluding hydrogens is 356 g/mol. The first-order chi connectivity index (χ1) is 13.7. The summed E-state index contributed by atoms with van der Waals surface area (Å²) >= 11 is 0. The molecule has 2 N–H and O–H groups in total. The van der Waals surface area contributed by atoms with Gasteiger partial charge in [-0.15, -0.1) is 0 Å². The Morgan fingerprint density at radius 3 is 2.39 bits per heavy atom. The van der Waals surface area contributed by atoms with E-state index in [2.05, 4.69) is 32.4 Å². The van der Waals surface area contributed by atoms with Crippen LogP contribution in [-0.4, -0.2) is 36.3 Å². The average molecular weight is 376 g/mol. The number of fused-ring (bicyclic) bond motifs is 1. The van der Waals surface area contributed by atoms with Crippen molar-refractivity contribution in [3.05, 3.63) is 54.9 Å². The lowest BCUT2D eigenvalue weighted by molar-refractivity contribution is 0.324. The van der Waals surface area contributed by atoms with Crippen molar-refractivity contribution in [2.24, 2.45) is 0 Å². The van der Waals surface area contributed by atoms with Gasteiger partial charge in [0, 0.05) is 41.3 Å². The zero-order chi connectivity index (χ0) is 19.5. The molecule has 2 aromatic heterocycles. The highest BCUT2D eigenvalue weighted by Gasteiger charge is 2.14. The van der Waals surface area contributed by atoms with E-state index in [0.717, 1.165) is 27.8 Å². The Hall–Kier alpha value is -3.74. The molecule has 28 heavy (non-hydrogen) atoms. The highest BCUT2D eigenvalue weighted by atomic mass is 16.5. The largest absolute Gasteiger partial charge is 0.493 e. The third-order valence-corrected chi connectivity index (χ3v) is 4.43. The highest BCUT2D eigenvalue weighted by molar-refractivity contribution is 5.84. The topological polar surface area (TPSA) is 81.3 Å². The van der Waals surface area contributed by atoms with Crippen LogP contribution >= 0.6 is 0 Å². The van der Waals surface area contributed by atoms with Gasteiger partial charge in [0.1, 0.15) is 0 Å². The fraction of sp³-hybridized carbons (Fsp3) is 0.143. The van der Waals surface area contributed by atoms with E-state index in [-0.39, 0.29) is 0 Å². The molecule has 0 saturated carbocycles. The van der Waals surface area contributed by atoms with E-state index in [1.54, 1.807) is 27.5 Å². The summed E-state index contributed by atoms with van der Waals surface area (Å²) in [6, 6.07) is 13.7. The minimum Gasteiger partial charge on any atom is -0.493 e. The van der Waals surface area contributed by atoms with E-state index in [1.165, 1.54) is 0 Å². The molecule has 0 amide bonds. The predicted octanol–water partition coefficient (Wildman–Crippen LogP) is 4.39. The number of H-pyrrole nitrogens is 1. The zero-order valence-electron chi connectivity index (χ0n) is 15.8. The Morgan fingerprint density at radius 1 is 0.893 bits per heavy atom. The van der Waals surface area contributed by atoms with E-state index >= 15 is 0 Å². The lowest BCUT2D eigenvalue weighted by atomic mass is 10.1. The molecule has 142 valence electrons. The molecule has 7 nitrogen and oxygen atoms in total. The molecule has 0 radical (unpaired) electrons. The van der Waals surface area contributed by atoms with Crippen LogP contribution in [0, 0.1) is 0 Å². The number of rotatable bonds is 6. The standard InChI is InChI=1S/C21H20N4O3/c1-26-18-11-15(12-19(27-2)20(18)28-3)24-21-23-9-7-16(25-21)14-5-4-13-6-8-22-17(13)10-14/h4-12,22H,1-3H3,(H,23,24,25). The van der Waals surface area contributed by atoms with Gasteiger partial charge in [0.05, 0.1) is 27.0 Å². The minimum atomic E-state index is 0.471. The number of ether oxygens (including phenoxy) is 3. The second-order valence-corrected chi connectivity index (χ2v) is 6.08. The van der Waals surface area contributed by atoms with Crippen LogP contribution in [-0.2, 0) is 0 Å². The van der Waals surface area contributed by atoms with Crippen molar-refractivity contribution in [1.82, 2.24) is 15.0 Å². The van der Waals surface area contributed by atoms with Crippen LogP contribution in [0.5, 0.6) is 17.2 Å². The van der Waals surface area contributed by atoms with Gasteiger partial charge < -0.3 is 24.5 Å². The number of benzene rings is 2. The molecule has 0 saturated heterocycles. The molecule has 0 aliphatic carbocycles. The maximum atomic E-state index is 5.39. The molecule has 0 atom stereocenters. The highest BCUT2D eigenvalue weighted by Crippen LogP contribution is 2.40. The van der Waals surface area contributed by atoms with Gasteiger partial charge in [0.15, 0.2) is 11.5 Å². The Bertz CT molecular complexity index is 1100. The van der Waals surface area contributed by atoms with Crippen molar-refractivity contribution in [2.45, 2.75) is 0 Å². The Morgan fingerprint density at radius 2 is 1.68 bits per heavy atom. The normalized spacial score (nSPS) is 10.7. The van der Waals surface area contributed by atoms with Crippen LogP contribution in [0.2, 0.25) is 0 Å². The van der Waals surface area contributed by atoms with Crippen LogP contribution in [0.25, 0.3) is 22.2 Å². The number of aromatic nitrogens is 3. The quantitative estimate of drug-likeness (QED) is 0.519. The molecule has 2 heterocycles. The van der Waals surface area contributed by atoms with Gasteiger partial charge in [-0.25, -0.2) is 9.97 Å². The smallest absolute Gasteiger partial charge is 0.227 e. The van der Waals surface area contributed by atoms with Crippen LogP contribution < -0.4 is 19.5 Å². The fourth-order valence-corrected chi connectivity index (χ4v) is 3.07. The maximum absolute atomic E-state index is 5.39. The lowest BCUT2D eigenvalue weighted by Crippen LogP contribution is -2.00. The Balaban J connectivity index is 1.66. The van der Waals surface area contributed by atoms with Gasteiger partial charge in [-0.1, -0.05) is 12.1 Å². The van der Waals surface area contributed by atoms with E-state index in [9.17, 15) is 0 Å². The summed E-state index contributed by atoms with van der Waals surface area (Å²) in [6.07, 6.45) is 3.65. The first kappa shape index (κ1) is 17.7. The molecule has 2 aromatic carbocycles. The third-order valence-electron chi connectivity index (χ3n) is 4.43. The van der Waals surface area contributed by atoms with Gasteiger partial charge in [0.25, 0.3) is 0 Å². The molecular formula is C21H20N4O3. The van der Waals surface area contributed by atoms with Crippen molar-refractivity contribution >= 4 is 22.5 Å². The number of methoxy groups -OCH3 is 3. The minimum absolute atomic E-state index is 0.471. The average Bonchev–Trinajstić information content (AvgIpc) is 3.21. The van der Waals surface area contributed by atoms with E-state index < -0.39 is 0 Å². The Labute approximate surface area is 162 Å². The van der Waals surface area contributed by atoms with Crippen molar-refractivity contribution in [3.63, 3.8) is 0 Å². The van der Waals surface area contributed by atoms with Crippen LogP contribution in [0.1, 0.15) is 0 Å². The molecule has 0 unspecified atom stereocenters. The SMILES string of the molecule is COc1cc(Nc2nccc(-c3ccc4cc[nH]c4c3)n2)cc(OC)c1OC. The summed E-state index contributed by atoms with van der Waals surface area (Å²) in [7, 11) is 4.73. The number of anilines is 2. The van der Waals surface area contributed by atoms with E-state index in [0.29, 0.717) is 23.2 Å². The second-order valence-electron chi connectivity index (χ2n) is 6.08. The summed E-state index contributed by atoms with van der Waals surface area (Å²) in [5.41, 5.74) is 3.62. The van der Waals surface area contributed by atoms with Crippen molar-refractivity contribution in [2.75, 3.05) is 26.6 Å². The number of nitrogens with zero attached hydrogens (tertiary/aromatic N) is 2. The molecule has 4 aromatic rings. The van der Waals surface area contributed by atoms with Gasteiger partial charge in [-0.3, -0.25) is 0 Å². The van der Waals surface area contributed by atoms with Crippen LogP contribution in [0.3, 0.4) is 0 Å². The van der Waals surface area contributed by atoms with Gasteiger partial charge in [-0.2, -0.15) is 0 Å². The molecule has 7 heteroatoms. The van der Waals surface area contributed by atoms with Crippen molar-refractivity contribution in [3.8, 4) is 28.5 Å². The monoisotopic (exact) mass is 376 g/mol.